The number of amides is 2. The molecule has 5 heteroatoms. The Bertz CT molecular complexity index is 658. The molecule has 1 aliphatic carbocycles. The summed E-state index contributed by atoms with van der Waals surface area (Å²) in [7, 11) is 0. The van der Waals surface area contributed by atoms with Crippen molar-refractivity contribution in [2.75, 3.05) is 0 Å². The topological polar surface area (TPSA) is 75.8 Å². The number of fused-ring (bicyclic) bond motifs is 1. The molecule has 0 aliphatic heterocycles. The fourth-order valence-electron chi connectivity index (χ4n) is 2.72. The van der Waals surface area contributed by atoms with Crippen molar-refractivity contribution < 1.29 is 14.7 Å². The zero-order chi connectivity index (χ0) is 14.8. The van der Waals surface area contributed by atoms with Crippen LogP contribution in [0, 0.1) is 0 Å². The largest absolute Gasteiger partial charge is 0.457 e. The van der Waals surface area contributed by atoms with Crippen LogP contribution in [0.3, 0.4) is 0 Å². The van der Waals surface area contributed by atoms with E-state index in [4.69, 9.17) is 10.5 Å². The number of nitrogens with zero attached hydrogens (tertiary/aromatic N) is 1. The lowest BCUT2D eigenvalue weighted by Gasteiger charge is -2.21. The Morgan fingerprint density at radius 3 is 2.67 bits per heavy atom. The maximum Gasteiger partial charge on any atom is 0.339 e. The van der Waals surface area contributed by atoms with Gasteiger partial charge < -0.3 is 10.5 Å². The zero-order valence-corrected chi connectivity index (χ0v) is 11.4. The summed E-state index contributed by atoms with van der Waals surface area (Å²) >= 11 is 0. The molecule has 5 nitrogen and oxygen atoms in total. The maximum absolute atomic E-state index is 11.1. The average molecular weight is 284 g/mol. The molecule has 0 aromatic heterocycles. The highest BCUT2D eigenvalue weighted by Gasteiger charge is 2.31. The van der Waals surface area contributed by atoms with E-state index in [0.29, 0.717) is 11.5 Å². The number of carbonyl (C=O) groups excluding carboxylic acids is 1. The number of hydrogen-bond donors (Lipinski definition) is 2. The number of urea groups is 1. The third-order valence-corrected chi connectivity index (χ3v) is 3.69. The fourth-order valence-corrected chi connectivity index (χ4v) is 2.72. The summed E-state index contributed by atoms with van der Waals surface area (Å²) < 4.78 is 5.89. The minimum Gasteiger partial charge on any atom is -0.457 e. The second kappa shape index (κ2) is 5.46. The molecule has 1 unspecified atom stereocenters. The number of hydrogen-bond acceptors (Lipinski definition) is 3. The van der Waals surface area contributed by atoms with Crippen molar-refractivity contribution in [2.45, 2.75) is 18.9 Å². The Hall–Kier alpha value is -2.53. The molecule has 0 heterocycles. The molecule has 0 radical (unpaired) electrons. The van der Waals surface area contributed by atoms with Crippen LogP contribution >= 0.6 is 0 Å². The standard InChI is InChI=1S/C16H16N2O3/c17-16(19)18(20)14-10-9-13-12(14)7-4-8-15(13)21-11-5-2-1-3-6-11/h1-8,14,20H,9-10H2,(H2,17,19). The summed E-state index contributed by atoms with van der Waals surface area (Å²) in [5.41, 5.74) is 7.03. The van der Waals surface area contributed by atoms with Crippen LogP contribution in [0.15, 0.2) is 48.5 Å². The van der Waals surface area contributed by atoms with E-state index < -0.39 is 12.1 Å². The molecule has 2 aromatic carbocycles. The molecular weight excluding hydrogens is 268 g/mol. The average Bonchev–Trinajstić information content (AvgIpc) is 2.92. The molecule has 0 saturated heterocycles. The lowest BCUT2D eigenvalue weighted by Crippen LogP contribution is -2.35. The number of nitrogens with two attached hydrogens (primary N) is 1. The number of para-hydroxylation sites is 1. The Morgan fingerprint density at radius 2 is 1.95 bits per heavy atom. The number of rotatable bonds is 3. The summed E-state index contributed by atoms with van der Waals surface area (Å²) in [6.07, 6.45) is 1.36. The van der Waals surface area contributed by atoms with Crippen LogP contribution in [-0.2, 0) is 6.42 Å². The Morgan fingerprint density at radius 1 is 1.19 bits per heavy atom. The predicted octanol–water partition coefficient (Wildman–Crippen LogP) is 3.24. The molecule has 0 bridgehead atoms. The van der Waals surface area contributed by atoms with E-state index in [1.54, 1.807) is 0 Å². The van der Waals surface area contributed by atoms with Gasteiger partial charge in [0.05, 0.1) is 6.04 Å². The van der Waals surface area contributed by atoms with Gasteiger partial charge in [-0.1, -0.05) is 30.3 Å². The summed E-state index contributed by atoms with van der Waals surface area (Å²) in [6.45, 7) is 0. The molecule has 1 aliphatic rings. The van der Waals surface area contributed by atoms with E-state index in [1.807, 2.05) is 48.5 Å². The van der Waals surface area contributed by atoms with Gasteiger partial charge in [-0.25, -0.2) is 4.79 Å². The van der Waals surface area contributed by atoms with Gasteiger partial charge in [-0.3, -0.25) is 5.21 Å². The van der Waals surface area contributed by atoms with Gasteiger partial charge in [0.15, 0.2) is 0 Å². The second-order valence-electron chi connectivity index (χ2n) is 4.98. The summed E-state index contributed by atoms with van der Waals surface area (Å²) in [5.74, 6) is 1.50. The second-order valence-corrected chi connectivity index (χ2v) is 4.98. The van der Waals surface area contributed by atoms with Crippen molar-refractivity contribution in [2.24, 2.45) is 5.73 Å². The summed E-state index contributed by atoms with van der Waals surface area (Å²) in [6, 6.07) is 13.9. The van der Waals surface area contributed by atoms with E-state index in [0.717, 1.165) is 29.0 Å². The third kappa shape index (κ3) is 2.55. The molecule has 0 fully saturated rings. The summed E-state index contributed by atoms with van der Waals surface area (Å²) in [4.78, 5) is 11.1. The normalized spacial score (nSPS) is 16.3. The third-order valence-electron chi connectivity index (χ3n) is 3.69. The van der Waals surface area contributed by atoms with Crippen LogP contribution in [0.4, 0.5) is 4.79 Å². The highest BCUT2D eigenvalue weighted by atomic mass is 16.5. The number of ether oxygens (including phenoxy) is 1. The lowest BCUT2D eigenvalue weighted by atomic mass is 10.1. The minimum absolute atomic E-state index is 0.406. The van der Waals surface area contributed by atoms with Gasteiger partial charge in [0.2, 0.25) is 0 Å². The fraction of sp³-hybridized carbons (Fsp3) is 0.188. The van der Waals surface area contributed by atoms with Crippen LogP contribution in [0.1, 0.15) is 23.6 Å². The highest BCUT2D eigenvalue weighted by Crippen LogP contribution is 2.40. The molecule has 2 amide bonds. The number of benzene rings is 2. The highest BCUT2D eigenvalue weighted by molar-refractivity contribution is 5.71. The first-order chi connectivity index (χ1) is 10.2. The van der Waals surface area contributed by atoms with E-state index in [2.05, 4.69) is 0 Å². The van der Waals surface area contributed by atoms with Crippen molar-refractivity contribution in [3.05, 3.63) is 59.7 Å². The molecule has 108 valence electrons. The predicted molar refractivity (Wildman–Crippen MR) is 77.2 cm³/mol. The van der Waals surface area contributed by atoms with Crippen LogP contribution in [-0.4, -0.2) is 16.3 Å². The van der Waals surface area contributed by atoms with E-state index >= 15 is 0 Å². The Labute approximate surface area is 122 Å². The van der Waals surface area contributed by atoms with Gasteiger partial charge in [-0.15, -0.1) is 0 Å². The first-order valence-corrected chi connectivity index (χ1v) is 6.79. The van der Waals surface area contributed by atoms with Crippen LogP contribution < -0.4 is 10.5 Å². The van der Waals surface area contributed by atoms with Gasteiger partial charge >= 0.3 is 6.03 Å². The molecule has 2 aromatic rings. The van der Waals surface area contributed by atoms with Crippen LogP contribution in [0.5, 0.6) is 11.5 Å². The number of hydroxylamine groups is 2. The van der Waals surface area contributed by atoms with Crippen molar-refractivity contribution in [1.29, 1.82) is 0 Å². The summed E-state index contributed by atoms with van der Waals surface area (Å²) in [5, 5.41) is 10.4. The lowest BCUT2D eigenvalue weighted by molar-refractivity contribution is -0.0757. The van der Waals surface area contributed by atoms with Crippen molar-refractivity contribution >= 4 is 6.03 Å². The molecule has 0 saturated carbocycles. The van der Waals surface area contributed by atoms with E-state index in [1.165, 1.54) is 0 Å². The van der Waals surface area contributed by atoms with Gasteiger partial charge in [-0.05, 0) is 36.6 Å². The van der Waals surface area contributed by atoms with Gasteiger partial charge in [0.25, 0.3) is 0 Å². The Balaban J connectivity index is 1.91. The smallest absolute Gasteiger partial charge is 0.339 e. The Kier molecular flexibility index (Phi) is 3.50. The van der Waals surface area contributed by atoms with Crippen molar-refractivity contribution in [3.63, 3.8) is 0 Å². The van der Waals surface area contributed by atoms with Crippen LogP contribution in [0.25, 0.3) is 0 Å². The van der Waals surface area contributed by atoms with Crippen molar-refractivity contribution in [1.82, 2.24) is 5.06 Å². The molecule has 21 heavy (non-hydrogen) atoms. The molecule has 1 atom stereocenters. The van der Waals surface area contributed by atoms with Gasteiger partial charge in [-0.2, -0.15) is 5.06 Å². The van der Waals surface area contributed by atoms with Gasteiger partial charge in [0, 0.05) is 5.56 Å². The monoisotopic (exact) mass is 284 g/mol. The maximum atomic E-state index is 11.1. The molecule has 3 rings (SSSR count). The minimum atomic E-state index is -0.845. The first-order valence-electron chi connectivity index (χ1n) is 6.79. The molecule has 0 spiro atoms. The van der Waals surface area contributed by atoms with Gasteiger partial charge in [0.1, 0.15) is 11.5 Å². The zero-order valence-electron chi connectivity index (χ0n) is 11.4. The van der Waals surface area contributed by atoms with E-state index in [-0.39, 0.29) is 0 Å². The number of carbonyl (C=O) groups is 1. The van der Waals surface area contributed by atoms with Crippen LogP contribution in [0.2, 0.25) is 0 Å². The quantitative estimate of drug-likeness (QED) is 0.671. The number of primary amides is 1. The first kappa shape index (κ1) is 13.5. The van der Waals surface area contributed by atoms with E-state index in [9.17, 15) is 10.0 Å². The van der Waals surface area contributed by atoms with Crippen molar-refractivity contribution in [3.8, 4) is 11.5 Å². The molecule has 3 N–H and O–H groups in total. The SMILES string of the molecule is NC(=O)N(O)C1CCc2c(Oc3ccccc3)cccc21. The molecular formula is C16H16N2O3.